The number of rotatable bonds is 6. The molecule has 0 radical (unpaired) electrons. The van der Waals surface area contributed by atoms with Crippen molar-refractivity contribution in [3.8, 4) is 28.3 Å². The fourth-order valence-electron chi connectivity index (χ4n) is 4.09. The first-order valence-corrected chi connectivity index (χ1v) is 11.1. The second kappa shape index (κ2) is 9.12. The number of nitrogens with one attached hydrogen (secondary N) is 1. The number of aromatic nitrogens is 4. The summed E-state index contributed by atoms with van der Waals surface area (Å²) in [5.74, 6) is -0.587. The number of H-pyrrole nitrogens is 1. The normalized spacial score (nSPS) is 11.8. The predicted octanol–water partition coefficient (Wildman–Crippen LogP) is 4.63. The number of hydrogen-bond donors (Lipinski definition) is 1. The molecule has 0 spiro atoms. The number of halogens is 3. The minimum atomic E-state index is -4.84. The van der Waals surface area contributed by atoms with Gasteiger partial charge in [-0.05, 0) is 24.6 Å². The Hall–Kier alpha value is -4.61. The standard InChI is InChI=1S/C25H19F3N4O5/c1-3-36-17(33)12-14-19(23-30-20-15(35-2)10-7-11-16(20)37-23)24(34)32-22(29-14)18(13-8-5-4-6-9-13)21(31-32)25(26,27)28/h4-11,31H,3,12H2,1-2H3. The third-order valence-electron chi connectivity index (χ3n) is 5.63. The van der Waals surface area contributed by atoms with E-state index in [-0.39, 0.29) is 46.1 Å². The number of ether oxygens (including phenoxy) is 2. The van der Waals surface area contributed by atoms with Gasteiger partial charge in [-0.3, -0.25) is 14.7 Å². The van der Waals surface area contributed by atoms with Gasteiger partial charge in [-0.2, -0.15) is 17.7 Å². The van der Waals surface area contributed by atoms with Crippen LogP contribution >= 0.6 is 0 Å². The summed E-state index contributed by atoms with van der Waals surface area (Å²) in [4.78, 5) is 34.8. The molecule has 190 valence electrons. The summed E-state index contributed by atoms with van der Waals surface area (Å²) in [6.45, 7) is 1.67. The van der Waals surface area contributed by atoms with Crippen molar-refractivity contribution < 1.29 is 31.9 Å². The highest BCUT2D eigenvalue weighted by Crippen LogP contribution is 2.39. The molecule has 5 aromatic rings. The summed E-state index contributed by atoms with van der Waals surface area (Å²) < 4.78 is 58.9. The van der Waals surface area contributed by atoms with Crippen molar-refractivity contribution in [2.24, 2.45) is 0 Å². The van der Waals surface area contributed by atoms with Gasteiger partial charge in [0.15, 0.2) is 16.7 Å². The Morgan fingerprint density at radius 2 is 1.84 bits per heavy atom. The Balaban J connectivity index is 1.85. The highest BCUT2D eigenvalue weighted by molar-refractivity contribution is 5.85. The van der Waals surface area contributed by atoms with Crippen molar-refractivity contribution in [2.75, 3.05) is 13.7 Å². The van der Waals surface area contributed by atoms with Crippen LogP contribution in [0, 0.1) is 0 Å². The molecule has 3 aromatic heterocycles. The second-order valence-electron chi connectivity index (χ2n) is 7.93. The van der Waals surface area contributed by atoms with Gasteiger partial charge in [-0.15, -0.1) is 0 Å². The first kappa shape index (κ1) is 24.1. The number of fused-ring (bicyclic) bond motifs is 2. The zero-order valence-electron chi connectivity index (χ0n) is 19.5. The van der Waals surface area contributed by atoms with E-state index in [1.807, 2.05) is 0 Å². The third kappa shape index (κ3) is 4.20. The van der Waals surface area contributed by atoms with Crippen LogP contribution in [0.5, 0.6) is 5.75 Å². The topological polar surface area (TPSA) is 112 Å². The molecule has 0 saturated heterocycles. The van der Waals surface area contributed by atoms with Gasteiger partial charge in [0.2, 0.25) is 5.89 Å². The molecule has 5 rings (SSSR count). The highest BCUT2D eigenvalue weighted by Gasteiger charge is 2.39. The van der Waals surface area contributed by atoms with E-state index in [0.29, 0.717) is 15.8 Å². The maximum absolute atomic E-state index is 14.1. The average molecular weight is 512 g/mol. The number of carbonyl (C=O) groups is 1. The SMILES string of the molecule is CCOC(=O)Cc1nc2c(-c3ccccc3)c(C(F)(F)F)[nH]n2c(=O)c1-c1nc2c(OC)cccc2o1. The fraction of sp³-hybridized carbons (Fsp3) is 0.200. The number of hydrogen-bond acceptors (Lipinski definition) is 7. The van der Waals surface area contributed by atoms with E-state index in [1.54, 1.807) is 43.3 Å². The van der Waals surface area contributed by atoms with E-state index in [1.165, 1.54) is 19.2 Å². The van der Waals surface area contributed by atoms with Crippen molar-refractivity contribution in [1.82, 2.24) is 19.6 Å². The molecule has 37 heavy (non-hydrogen) atoms. The van der Waals surface area contributed by atoms with E-state index in [0.717, 1.165) is 0 Å². The Labute approximate surface area is 206 Å². The number of esters is 1. The lowest BCUT2D eigenvalue weighted by Crippen LogP contribution is -2.22. The van der Waals surface area contributed by atoms with Crippen LogP contribution in [0.25, 0.3) is 39.3 Å². The van der Waals surface area contributed by atoms with Crippen LogP contribution in [0.3, 0.4) is 0 Å². The molecule has 0 aliphatic carbocycles. The smallest absolute Gasteiger partial charge is 0.433 e. The lowest BCUT2D eigenvalue weighted by Gasteiger charge is -2.08. The van der Waals surface area contributed by atoms with Crippen molar-refractivity contribution in [1.29, 1.82) is 0 Å². The molecule has 0 fully saturated rings. The monoisotopic (exact) mass is 512 g/mol. The van der Waals surface area contributed by atoms with Gasteiger partial charge in [0.25, 0.3) is 5.56 Å². The van der Waals surface area contributed by atoms with Crippen LogP contribution in [-0.4, -0.2) is 39.3 Å². The van der Waals surface area contributed by atoms with Gasteiger partial charge in [-0.1, -0.05) is 36.4 Å². The number of benzene rings is 2. The molecule has 1 N–H and O–H groups in total. The van der Waals surface area contributed by atoms with E-state index in [2.05, 4.69) is 15.1 Å². The summed E-state index contributed by atoms with van der Waals surface area (Å²) >= 11 is 0. The minimum absolute atomic E-state index is 0.0626. The summed E-state index contributed by atoms with van der Waals surface area (Å²) in [5.41, 5.74) is -2.41. The van der Waals surface area contributed by atoms with E-state index in [4.69, 9.17) is 13.9 Å². The van der Waals surface area contributed by atoms with Crippen LogP contribution in [0.1, 0.15) is 18.3 Å². The highest BCUT2D eigenvalue weighted by atomic mass is 19.4. The van der Waals surface area contributed by atoms with Crippen LogP contribution in [0.2, 0.25) is 0 Å². The van der Waals surface area contributed by atoms with Crippen molar-refractivity contribution in [2.45, 2.75) is 19.5 Å². The molecular formula is C25H19F3N4O5. The number of aromatic amines is 1. The van der Waals surface area contributed by atoms with Gasteiger partial charge in [-0.25, -0.2) is 9.97 Å². The maximum atomic E-state index is 14.1. The van der Waals surface area contributed by atoms with Gasteiger partial charge < -0.3 is 13.9 Å². The number of para-hydroxylation sites is 1. The molecule has 9 nitrogen and oxygen atoms in total. The lowest BCUT2D eigenvalue weighted by molar-refractivity contribution is -0.142. The molecular weight excluding hydrogens is 493 g/mol. The van der Waals surface area contributed by atoms with Crippen molar-refractivity contribution >= 4 is 22.7 Å². The number of oxazole rings is 1. The molecule has 12 heteroatoms. The molecule has 3 heterocycles. The fourth-order valence-corrected chi connectivity index (χ4v) is 4.09. The molecule has 0 unspecified atom stereocenters. The van der Waals surface area contributed by atoms with E-state index < -0.39 is 29.8 Å². The van der Waals surface area contributed by atoms with Crippen LogP contribution in [-0.2, 0) is 22.1 Å². The molecule has 2 aromatic carbocycles. The molecule has 0 saturated carbocycles. The maximum Gasteiger partial charge on any atom is 0.433 e. The van der Waals surface area contributed by atoms with E-state index in [9.17, 15) is 22.8 Å². The number of nitrogens with zero attached hydrogens (tertiary/aromatic N) is 3. The van der Waals surface area contributed by atoms with Crippen molar-refractivity contribution in [3.05, 3.63) is 70.3 Å². The predicted molar refractivity (Wildman–Crippen MR) is 126 cm³/mol. The largest absolute Gasteiger partial charge is 0.494 e. The van der Waals surface area contributed by atoms with Crippen LogP contribution in [0.4, 0.5) is 13.2 Å². The Bertz CT molecular complexity index is 1690. The average Bonchev–Trinajstić information content (AvgIpc) is 3.46. The van der Waals surface area contributed by atoms with E-state index >= 15 is 0 Å². The lowest BCUT2D eigenvalue weighted by atomic mass is 10.1. The first-order chi connectivity index (χ1) is 17.7. The summed E-state index contributed by atoms with van der Waals surface area (Å²) in [6, 6.07) is 12.6. The van der Waals surface area contributed by atoms with Crippen molar-refractivity contribution in [3.63, 3.8) is 0 Å². The van der Waals surface area contributed by atoms with Crippen LogP contribution in [0.15, 0.2) is 57.7 Å². The second-order valence-corrected chi connectivity index (χ2v) is 7.93. The molecule has 0 bridgehead atoms. The zero-order valence-corrected chi connectivity index (χ0v) is 19.5. The Morgan fingerprint density at radius 3 is 2.51 bits per heavy atom. The van der Waals surface area contributed by atoms with Gasteiger partial charge in [0, 0.05) is 0 Å². The molecule has 0 amide bonds. The molecule has 0 atom stereocenters. The minimum Gasteiger partial charge on any atom is -0.494 e. The van der Waals surface area contributed by atoms with Gasteiger partial charge in [0.05, 0.1) is 31.4 Å². The van der Waals surface area contributed by atoms with Crippen LogP contribution < -0.4 is 10.3 Å². The number of carbonyl (C=O) groups excluding carboxylic acids is 1. The molecule has 0 aliphatic rings. The number of methoxy groups -OCH3 is 1. The quantitative estimate of drug-likeness (QED) is 0.330. The summed E-state index contributed by atoms with van der Waals surface area (Å²) in [6.07, 6.45) is -5.33. The third-order valence-corrected chi connectivity index (χ3v) is 5.63. The van der Waals surface area contributed by atoms with Gasteiger partial charge in [0.1, 0.15) is 17.0 Å². The summed E-state index contributed by atoms with van der Waals surface area (Å²) in [7, 11) is 1.43. The van der Waals surface area contributed by atoms with Gasteiger partial charge >= 0.3 is 12.1 Å². The summed E-state index contributed by atoms with van der Waals surface area (Å²) in [5, 5.41) is 2.15. The first-order valence-electron chi connectivity index (χ1n) is 11.1. The Morgan fingerprint density at radius 1 is 1.08 bits per heavy atom. The zero-order chi connectivity index (χ0) is 26.3. The number of alkyl halides is 3. The Kier molecular flexibility index (Phi) is 5.94. The molecule has 0 aliphatic heterocycles.